The molecule has 0 heteroatoms. The first kappa shape index (κ1) is 4.74. The quantitative estimate of drug-likeness (QED) is 0.435. The molecule has 0 aliphatic carbocycles. The van der Waals surface area contributed by atoms with Gasteiger partial charge in [0.05, 0.1) is 0 Å². The van der Waals surface area contributed by atoms with Crippen molar-refractivity contribution >= 4 is 0 Å². The number of hydrogen-bond donors (Lipinski definition) is 0. The average Bonchev–Trinajstić information content (AvgIpc) is 1.41. The Hall–Kier alpha value is -0.260. The molecule has 0 saturated heterocycles. The van der Waals surface area contributed by atoms with E-state index in [2.05, 4.69) is 6.92 Å². The van der Waals surface area contributed by atoms with E-state index in [-0.39, 0.29) is 0 Å². The molecule has 0 aliphatic heterocycles. The van der Waals surface area contributed by atoms with Crippen LogP contribution >= 0.6 is 0 Å². The Morgan fingerprint density at radius 3 is 2.40 bits per heavy atom. The molecule has 0 heterocycles. The highest BCUT2D eigenvalue weighted by molar-refractivity contribution is 4.83. The molecule has 0 aromatic carbocycles. The Bertz CT molecular complexity index is 27.0. The summed E-state index contributed by atoms with van der Waals surface area (Å²) in [6.07, 6.45) is 4.07. The van der Waals surface area contributed by atoms with E-state index in [9.17, 15) is 0 Å². The summed E-state index contributed by atoms with van der Waals surface area (Å²) >= 11 is 0. The molecule has 0 aromatic rings. The highest BCUT2D eigenvalue weighted by Gasteiger charge is 1.53. The second kappa shape index (κ2) is 3.74. The second-order valence-electron chi connectivity index (χ2n) is 0.707. The minimum atomic E-state index is 0.601. The van der Waals surface area contributed by atoms with E-state index < -0.39 is 0 Å². The van der Waals surface area contributed by atoms with Gasteiger partial charge in [0.2, 0.25) is 0 Å². The molecule has 27 valence electrons. The van der Waals surface area contributed by atoms with Crippen LogP contribution in [0.5, 0.6) is 0 Å². The van der Waals surface area contributed by atoms with E-state index in [1.54, 1.807) is 12.2 Å². The summed E-state index contributed by atoms with van der Waals surface area (Å²) in [5.74, 6) is 0. The maximum Gasteiger partial charge on any atom is -0.0311 e. The van der Waals surface area contributed by atoms with Crippen LogP contribution in [0.25, 0.3) is 0 Å². The first-order valence-corrected chi connectivity index (χ1v) is 1.56. The van der Waals surface area contributed by atoms with Crippen LogP contribution in [0.15, 0.2) is 12.2 Å². The van der Waals surface area contributed by atoms with Crippen LogP contribution in [0.2, 0.25) is 0 Å². The number of allylic oxidation sites excluding steroid dienone is 2. The minimum Gasteiger partial charge on any atom is -0.0882 e. The predicted molar refractivity (Wildman–Crippen MR) is 23.4 cm³/mol. The van der Waals surface area contributed by atoms with E-state index >= 15 is 0 Å². The summed E-state index contributed by atoms with van der Waals surface area (Å²) in [4.78, 5) is 0. The van der Waals surface area contributed by atoms with Gasteiger partial charge in [-0.15, -0.1) is 0 Å². The van der Waals surface area contributed by atoms with Crippen LogP contribution in [-0.4, -0.2) is 0 Å². The minimum absolute atomic E-state index is 0.601. The van der Waals surface area contributed by atoms with Crippen LogP contribution in [-0.2, 0) is 0 Å². The molecule has 0 bridgehead atoms. The molecule has 0 aliphatic rings. The van der Waals surface area contributed by atoms with Gasteiger partial charge in [-0.25, -0.2) is 0 Å². The Balaban J connectivity index is 2.62. The lowest BCUT2D eigenvalue weighted by Gasteiger charge is -1.64. The fraction of sp³-hybridized carbons (Fsp3) is 0.200. The van der Waals surface area contributed by atoms with E-state index in [1.807, 2.05) is 0 Å². The zero-order valence-corrected chi connectivity index (χ0v) is 3.15. The normalized spacial score (nSPS) is 10.0. The summed E-state index contributed by atoms with van der Waals surface area (Å²) in [5.41, 5.74) is 0. The zero-order valence-electron chi connectivity index (χ0n) is 3.15. The lowest BCUT2D eigenvalue weighted by molar-refractivity contribution is 1.40. The fourth-order valence-electron chi connectivity index (χ4n) is 0.0962. The second-order valence-corrected chi connectivity index (χ2v) is 0.707. The zero-order chi connectivity index (χ0) is 4.12. The third kappa shape index (κ3) is 3.74. The van der Waals surface area contributed by atoms with Gasteiger partial charge in [0, 0.05) is 0 Å². The van der Waals surface area contributed by atoms with Gasteiger partial charge < -0.3 is 0 Å². The van der Waals surface area contributed by atoms with Crippen molar-refractivity contribution < 1.29 is 0 Å². The van der Waals surface area contributed by atoms with Crippen molar-refractivity contribution in [2.24, 2.45) is 0 Å². The first-order chi connectivity index (χ1) is 2.41. The van der Waals surface area contributed by atoms with Gasteiger partial charge in [-0.1, -0.05) is 12.2 Å². The lowest BCUT2D eigenvalue weighted by atomic mass is 10.4. The molecule has 0 aromatic heterocycles. The Morgan fingerprint density at radius 1 is 1.80 bits per heavy atom. The van der Waals surface area contributed by atoms with Gasteiger partial charge in [0.1, 0.15) is 0 Å². The smallest absolute Gasteiger partial charge is 0.0311 e. The third-order valence-electron chi connectivity index (χ3n) is 0.303. The molecule has 0 N–H and O–H groups in total. The molecular formula is C5H7. The van der Waals surface area contributed by atoms with Gasteiger partial charge in [0.15, 0.2) is 0 Å². The van der Waals surface area contributed by atoms with Crippen molar-refractivity contribution in [1.29, 1.82) is 0 Å². The first-order valence-electron chi connectivity index (χ1n) is 1.56. The molecule has 5 heavy (non-hydrogen) atoms. The third-order valence-corrected chi connectivity index (χ3v) is 0.303. The fourth-order valence-corrected chi connectivity index (χ4v) is 0.0962. The van der Waals surface area contributed by atoms with Crippen LogP contribution in [0.1, 0.15) is 6.42 Å². The Labute approximate surface area is 33.5 Å². The van der Waals surface area contributed by atoms with Crippen molar-refractivity contribution in [1.82, 2.24) is 0 Å². The SMILES string of the molecule is [CH]CC=C[CH2]. The molecule has 0 saturated carbocycles. The topological polar surface area (TPSA) is 0 Å². The van der Waals surface area contributed by atoms with Gasteiger partial charge in [-0.05, 0) is 20.3 Å². The van der Waals surface area contributed by atoms with Gasteiger partial charge >= 0.3 is 0 Å². The van der Waals surface area contributed by atoms with Crippen molar-refractivity contribution in [3.63, 3.8) is 0 Å². The number of hydrogen-bond acceptors (Lipinski definition) is 0. The van der Waals surface area contributed by atoms with Crippen molar-refractivity contribution in [2.45, 2.75) is 6.42 Å². The molecule has 0 fully saturated rings. The summed E-state index contributed by atoms with van der Waals surface area (Å²) in [6.45, 7) is 8.43. The van der Waals surface area contributed by atoms with Crippen LogP contribution in [0, 0.1) is 13.8 Å². The summed E-state index contributed by atoms with van der Waals surface area (Å²) < 4.78 is 0. The summed E-state index contributed by atoms with van der Waals surface area (Å²) in [7, 11) is 0. The summed E-state index contributed by atoms with van der Waals surface area (Å²) in [5, 5.41) is 0. The number of rotatable bonds is 1. The Morgan fingerprint density at radius 2 is 2.40 bits per heavy atom. The monoisotopic (exact) mass is 67.1 g/mol. The predicted octanol–water partition coefficient (Wildman–Crippen LogP) is 1.48. The highest BCUT2D eigenvalue weighted by Crippen LogP contribution is 1.72. The lowest BCUT2D eigenvalue weighted by Crippen LogP contribution is -1.44. The standard InChI is InChI=1S/C5H7/c1-3-5-4-2/h1,4-5H,2-3H2. The molecular weight excluding hydrogens is 60.1 g/mol. The highest BCUT2D eigenvalue weighted by atomic mass is 13.6. The molecule has 0 spiro atoms. The van der Waals surface area contributed by atoms with E-state index in [0.29, 0.717) is 6.42 Å². The largest absolute Gasteiger partial charge is 0.0882 e. The molecule has 0 unspecified atom stereocenters. The van der Waals surface area contributed by atoms with Crippen LogP contribution in [0.4, 0.5) is 0 Å². The molecule has 0 rings (SSSR count). The molecule has 0 atom stereocenters. The van der Waals surface area contributed by atoms with Gasteiger partial charge in [-0.2, -0.15) is 0 Å². The Kier molecular flexibility index (Phi) is 3.55. The molecule has 0 nitrogen and oxygen atoms in total. The average molecular weight is 67.1 g/mol. The van der Waals surface area contributed by atoms with Crippen molar-refractivity contribution in [3.05, 3.63) is 26.0 Å². The maximum absolute atomic E-state index is 5.01. The van der Waals surface area contributed by atoms with Gasteiger partial charge in [0.25, 0.3) is 0 Å². The van der Waals surface area contributed by atoms with Crippen LogP contribution < -0.4 is 0 Å². The van der Waals surface area contributed by atoms with E-state index in [4.69, 9.17) is 6.92 Å². The maximum atomic E-state index is 5.01. The van der Waals surface area contributed by atoms with E-state index in [0.717, 1.165) is 0 Å². The van der Waals surface area contributed by atoms with E-state index in [1.165, 1.54) is 0 Å². The molecule has 0 amide bonds. The summed E-state index contributed by atoms with van der Waals surface area (Å²) in [6, 6.07) is 0. The van der Waals surface area contributed by atoms with Crippen molar-refractivity contribution in [2.75, 3.05) is 0 Å². The molecule has 3 radical (unpaired) electrons. The van der Waals surface area contributed by atoms with Crippen molar-refractivity contribution in [3.8, 4) is 0 Å². The van der Waals surface area contributed by atoms with Gasteiger partial charge in [-0.3, -0.25) is 0 Å². The van der Waals surface area contributed by atoms with Crippen LogP contribution in [0.3, 0.4) is 0 Å².